The molecule has 2 saturated heterocycles. The molecule has 0 bridgehead atoms. The van der Waals surface area contributed by atoms with E-state index in [1.807, 2.05) is 0 Å². The number of ether oxygens (including phenoxy) is 2. The summed E-state index contributed by atoms with van der Waals surface area (Å²) in [6.07, 6.45) is 1.51. The van der Waals surface area contributed by atoms with Crippen molar-refractivity contribution >= 4 is 0 Å². The molecule has 0 aliphatic carbocycles. The molecule has 0 aromatic heterocycles. The average Bonchev–Trinajstić information content (AvgIpc) is 2.36. The highest BCUT2D eigenvalue weighted by Crippen LogP contribution is 2.20. The summed E-state index contributed by atoms with van der Waals surface area (Å²) in [7, 11) is 0. The van der Waals surface area contributed by atoms with E-state index < -0.39 is 0 Å². The van der Waals surface area contributed by atoms with Gasteiger partial charge in [0.1, 0.15) is 0 Å². The molecule has 18 heavy (non-hydrogen) atoms. The van der Waals surface area contributed by atoms with Crippen molar-refractivity contribution in [2.75, 3.05) is 39.5 Å². The van der Waals surface area contributed by atoms with E-state index in [-0.39, 0.29) is 0 Å². The van der Waals surface area contributed by atoms with Gasteiger partial charge >= 0.3 is 0 Å². The molecular weight excluding hydrogens is 228 g/mol. The molecule has 0 radical (unpaired) electrons. The lowest BCUT2D eigenvalue weighted by Crippen LogP contribution is -2.53. The zero-order valence-corrected chi connectivity index (χ0v) is 12.0. The van der Waals surface area contributed by atoms with Crippen LogP contribution < -0.4 is 5.32 Å². The lowest BCUT2D eigenvalue weighted by molar-refractivity contribution is -0.0670. The van der Waals surface area contributed by atoms with E-state index in [1.165, 1.54) is 0 Å². The van der Waals surface area contributed by atoms with Gasteiger partial charge in [-0.2, -0.15) is 0 Å². The smallest absolute Gasteiger partial charge is 0.0674 e. The van der Waals surface area contributed by atoms with Gasteiger partial charge in [-0.25, -0.2) is 0 Å². The van der Waals surface area contributed by atoms with Crippen LogP contribution in [0.15, 0.2) is 0 Å². The standard InChI is InChI=1S/C14H28N2O2/c1-4-15-14-5-6-17-10-13(14)8-16-7-12(3)18-9-11(16)2/h11-15H,4-10H2,1-3H3. The van der Waals surface area contributed by atoms with Crippen LogP contribution in [0.2, 0.25) is 0 Å². The first kappa shape index (κ1) is 14.3. The molecule has 0 saturated carbocycles. The largest absolute Gasteiger partial charge is 0.381 e. The molecule has 2 aliphatic rings. The number of nitrogens with one attached hydrogen (secondary N) is 1. The average molecular weight is 256 g/mol. The van der Waals surface area contributed by atoms with Gasteiger partial charge in [0.2, 0.25) is 0 Å². The highest BCUT2D eigenvalue weighted by molar-refractivity contribution is 4.85. The first-order valence-corrected chi connectivity index (χ1v) is 7.37. The third-order valence-electron chi connectivity index (χ3n) is 4.15. The fraction of sp³-hybridized carbons (Fsp3) is 1.00. The zero-order chi connectivity index (χ0) is 13.0. The molecule has 106 valence electrons. The summed E-state index contributed by atoms with van der Waals surface area (Å²) in [5.74, 6) is 0.617. The van der Waals surface area contributed by atoms with E-state index in [1.54, 1.807) is 0 Å². The van der Waals surface area contributed by atoms with Gasteiger partial charge in [-0.05, 0) is 26.8 Å². The molecule has 4 heteroatoms. The predicted molar refractivity (Wildman–Crippen MR) is 72.8 cm³/mol. The Labute approximate surface area is 111 Å². The summed E-state index contributed by atoms with van der Waals surface area (Å²) in [6.45, 7) is 12.5. The lowest BCUT2D eigenvalue weighted by atomic mass is 9.94. The van der Waals surface area contributed by atoms with Gasteiger partial charge < -0.3 is 14.8 Å². The Kier molecular flexibility index (Phi) is 5.42. The first-order chi connectivity index (χ1) is 8.70. The van der Waals surface area contributed by atoms with Crippen LogP contribution in [0.5, 0.6) is 0 Å². The number of rotatable bonds is 4. The topological polar surface area (TPSA) is 33.7 Å². The van der Waals surface area contributed by atoms with Gasteiger partial charge in [0, 0.05) is 37.7 Å². The molecule has 0 amide bonds. The summed E-state index contributed by atoms with van der Waals surface area (Å²) >= 11 is 0. The summed E-state index contributed by atoms with van der Waals surface area (Å²) < 4.78 is 11.4. The van der Waals surface area contributed by atoms with Crippen LogP contribution in [0.25, 0.3) is 0 Å². The fourth-order valence-electron chi connectivity index (χ4n) is 3.04. The van der Waals surface area contributed by atoms with Crippen molar-refractivity contribution in [1.29, 1.82) is 0 Å². The van der Waals surface area contributed by atoms with Crippen LogP contribution in [-0.4, -0.2) is 62.5 Å². The Hall–Kier alpha value is -0.160. The van der Waals surface area contributed by atoms with E-state index >= 15 is 0 Å². The number of hydrogen-bond acceptors (Lipinski definition) is 4. The maximum atomic E-state index is 5.70. The number of nitrogens with zero attached hydrogens (tertiary/aromatic N) is 1. The van der Waals surface area contributed by atoms with E-state index in [0.29, 0.717) is 24.1 Å². The minimum absolute atomic E-state index is 0.364. The molecule has 2 heterocycles. The van der Waals surface area contributed by atoms with E-state index in [0.717, 1.165) is 45.9 Å². The second kappa shape index (κ2) is 6.85. The minimum atomic E-state index is 0.364. The summed E-state index contributed by atoms with van der Waals surface area (Å²) in [4.78, 5) is 2.57. The molecule has 0 spiro atoms. The maximum absolute atomic E-state index is 5.70. The maximum Gasteiger partial charge on any atom is 0.0674 e. The van der Waals surface area contributed by atoms with Crippen molar-refractivity contribution < 1.29 is 9.47 Å². The SMILES string of the molecule is CCNC1CCOCC1CN1CC(C)OCC1C. The van der Waals surface area contributed by atoms with Crippen LogP contribution in [0.1, 0.15) is 27.2 Å². The van der Waals surface area contributed by atoms with Crippen LogP contribution in [0, 0.1) is 5.92 Å². The van der Waals surface area contributed by atoms with E-state index in [4.69, 9.17) is 9.47 Å². The van der Waals surface area contributed by atoms with E-state index in [2.05, 4.69) is 31.0 Å². The van der Waals surface area contributed by atoms with Gasteiger partial charge in [0.25, 0.3) is 0 Å². The molecule has 2 aliphatic heterocycles. The van der Waals surface area contributed by atoms with Crippen molar-refractivity contribution in [3.8, 4) is 0 Å². The Morgan fingerprint density at radius 1 is 1.28 bits per heavy atom. The first-order valence-electron chi connectivity index (χ1n) is 7.37. The highest BCUT2D eigenvalue weighted by Gasteiger charge is 2.31. The van der Waals surface area contributed by atoms with Gasteiger partial charge in [-0.1, -0.05) is 6.92 Å². The summed E-state index contributed by atoms with van der Waals surface area (Å²) in [6, 6.07) is 1.15. The molecule has 4 nitrogen and oxygen atoms in total. The van der Waals surface area contributed by atoms with Crippen molar-refractivity contribution in [3.63, 3.8) is 0 Å². The predicted octanol–water partition coefficient (Wildman–Crippen LogP) is 1.11. The van der Waals surface area contributed by atoms with Crippen molar-refractivity contribution in [1.82, 2.24) is 10.2 Å². The summed E-state index contributed by atoms with van der Waals surface area (Å²) in [5.41, 5.74) is 0. The Morgan fingerprint density at radius 3 is 2.89 bits per heavy atom. The zero-order valence-electron chi connectivity index (χ0n) is 12.0. The Morgan fingerprint density at radius 2 is 2.11 bits per heavy atom. The third-order valence-corrected chi connectivity index (χ3v) is 4.15. The molecule has 4 unspecified atom stereocenters. The van der Waals surface area contributed by atoms with Crippen LogP contribution in [0.4, 0.5) is 0 Å². The molecular formula is C14H28N2O2. The number of morpholine rings is 1. The fourth-order valence-corrected chi connectivity index (χ4v) is 3.04. The molecule has 0 aromatic carbocycles. The van der Waals surface area contributed by atoms with Crippen molar-refractivity contribution in [2.45, 2.75) is 45.4 Å². The molecule has 4 atom stereocenters. The second-order valence-corrected chi connectivity index (χ2v) is 5.73. The molecule has 0 aromatic rings. The van der Waals surface area contributed by atoms with Gasteiger partial charge in [-0.15, -0.1) is 0 Å². The molecule has 2 rings (SSSR count). The number of hydrogen-bond donors (Lipinski definition) is 1. The summed E-state index contributed by atoms with van der Waals surface area (Å²) in [5, 5.41) is 3.61. The second-order valence-electron chi connectivity index (χ2n) is 5.73. The molecule has 2 fully saturated rings. The van der Waals surface area contributed by atoms with Gasteiger partial charge in [-0.3, -0.25) is 4.90 Å². The third kappa shape index (κ3) is 3.67. The van der Waals surface area contributed by atoms with Gasteiger partial charge in [0.15, 0.2) is 0 Å². The van der Waals surface area contributed by atoms with Gasteiger partial charge in [0.05, 0.1) is 19.3 Å². The van der Waals surface area contributed by atoms with Crippen LogP contribution in [0.3, 0.4) is 0 Å². The molecule has 1 N–H and O–H groups in total. The van der Waals surface area contributed by atoms with Crippen molar-refractivity contribution in [2.24, 2.45) is 5.92 Å². The highest BCUT2D eigenvalue weighted by atomic mass is 16.5. The quantitative estimate of drug-likeness (QED) is 0.817. The lowest BCUT2D eigenvalue weighted by Gasteiger charge is -2.41. The Bertz CT molecular complexity index is 248. The van der Waals surface area contributed by atoms with Crippen LogP contribution in [-0.2, 0) is 9.47 Å². The van der Waals surface area contributed by atoms with Crippen LogP contribution >= 0.6 is 0 Å². The monoisotopic (exact) mass is 256 g/mol. The van der Waals surface area contributed by atoms with Crippen molar-refractivity contribution in [3.05, 3.63) is 0 Å². The minimum Gasteiger partial charge on any atom is -0.381 e. The normalized spacial score (nSPS) is 38.8. The van der Waals surface area contributed by atoms with E-state index in [9.17, 15) is 0 Å². The Balaban J connectivity index is 1.88.